The van der Waals surface area contributed by atoms with Gasteiger partial charge >= 0.3 is 11.9 Å². The molecule has 1 aromatic carbocycles. The predicted octanol–water partition coefficient (Wildman–Crippen LogP) is 2.76. The number of esters is 1. The number of hydrogen-bond acceptors (Lipinski definition) is 4. The van der Waals surface area contributed by atoms with Crippen molar-refractivity contribution in [1.82, 2.24) is 0 Å². The molecule has 2 atom stereocenters. The van der Waals surface area contributed by atoms with Crippen molar-refractivity contribution in [2.45, 2.75) is 31.8 Å². The fourth-order valence-corrected chi connectivity index (χ4v) is 2.54. The summed E-state index contributed by atoms with van der Waals surface area (Å²) >= 11 is 3.30. The number of carbonyl (C=O) groups is 2. The molecule has 0 heterocycles. The van der Waals surface area contributed by atoms with Crippen LogP contribution in [-0.2, 0) is 24.5 Å². The number of ether oxygens (including phenoxy) is 2. The molecule has 2 unspecified atom stereocenters. The number of benzene rings is 1. The minimum absolute atomic E-state index is 0.00583. The van der Waals surface area contributed by atoms with E-state index in [1.54, 1.807) is 38.1 Å². The molecule has 1 aromatic rings. The second-order valence-electron chi connectivity index (χ2n) is 4.69. The van der Waals surface area contributed by atoms with Gasteiger partial charge in [-0.1, -0.05) is 28.1 Å². The maximum Gasteiger partial charge on any atom is 0.328 e. The van der Waals surface area contributed by atoms with Crippen LogP contribution < -0.4 is 0 Å². The minimum Gasteiger partial charge on any atom is -0.480 e. The summed E-state index contributed by atoms with van der Waals surface area (Å²) in [6.45, 7) is 3.48. The first kappa shape index (κ1) is 17.7. The third kappa shape index (κ3) is 3.83. The first-order chi connectivity index (χ1) is 9.88. The molecule has 1 N–H and O–H groups in total. The number of carbonyl (C=O) groups excluding carboxylic acids is 1. The van der Waals surface area contributed by atoms with Crippen LogP contribution in [0.5, 0.6) is 0 Å². The average Bonchev–Trinajstić information content (AvgIpc) is 2.44. The summed E-state index contributed by atoms with van der Waals surface area (Å²) in [6.07, 6.45) is -0.418. The van der Waals surface area contributed by atoms with Crippen molar-refractivity contribution in [3.63, 3.8) is 0 Å². The van der Waals surface area contributed by atoms with Crippen molar-refractivity contribution in [1.29, 1.82) is 0 Å². The average molecular weight is 359 g/mol. The topological polar surface area (TPSA) is 72.8 Å². The molecule has 0 spiro atoms. The second-order valence-corrected chi connectivity index (χ2v) is 5.61. The Hall–Kier alpha value is -1.40. The summed E-state index contributed by atoms with van der Waals surface area (Å²) in [6, 6.07) is 6.68. The van der Waals surface area contributed by atoms with Gasteiger partial charge in [-0.25, -0.2) is 0 Å². The van der Waals surface area contributed by atoms with E-state index >= 15 is 0 Å². The third-order valence-corrected chi connectivity index (χ3v) is 3.80. The molecule has 0 aliphatic rings. The molecule has 1 rings (SSSR count). The van der Waals surface area contributed by atoms with Crippen LogP contribution in [0.3, 0.4) is 0 Å². The van der Waals surface area contributed by atoms with Gasteiger partial charge < -0.3 is 14.6 Å². The molecule has 0 aliphatic carbocycles. The van der Waals surface area contributed by atoms with Crippen molar-refractivity contribution in [2.75, 3.05) is 13.7 Å². The van der Waals surface area contributed by atoms with Crippen molar-refractivity contribution in [3.05, 3.63) is 34.3 Å². The zero-order valence-corrected chi connectivity index (χ0v) is 13.8. The van der Waals surface area contributed by atoms with Crippen LogP contribution in [0.2, 0.25) is 0 Å². The largest absolute Gasteiger partial charge is 0.480 e. The highest BCUT2D eigenvalue weighted by Crippen LogP contribution is 2.34. The van der Waals surface area contributed by atoms with Crippen molar-refractivity contribution in [3.8, 4) is 0 Å². The lowest BCUT2D eigenvalue weighted by molar-refractivity contribution is -0.163. The van der Waals surface area contributed by atoms with Gasteiger partial charge in [0, 0.05) is 18.0 Å². The number of rotatable bonds is 7. The maximum absolute atomic E-state index is 12.4. The van der Waals surface area contributed by atoms with Gasteiger partial charge in [0.05, 0.1) is 12.7 Å². The predicted molar refractivity (Wildman–Crippen MR) is 81.2 cm³/mol. The number of carboxylic acid groups (broad SMARTS) is 1. The van der Waals surface area contributed by atoms with E-state index in [1.807, 2.05) is 0 Å². The molecule has 6 heteroatoms. The van der Waals surface area contributed by atoms with Crippen LogP contribution in [0.4, 0.5) is 0 Å². The second kappa shape index (κ2) is 7.56. The first-order valence-electron chi connectivity index (χ1n) is 6.58. The summed E-state index contributed by atoms with van der Waals surface area (Å²) < 4.78 is 10.9. The Morgan fingerprint density at radius 3 is 2.57 bits per heavy atom. The van der Waals surface area contributed by atoms with Crippen LogP contribution >= 0.6 is 15.9 Å². The van der Waals surface area contributed by atoms with Crippen LogP contribution in [0.25, 0.3) is 0 Å². The van der Waals surface area contributed by atoms with Crippen molar-refractivity contribution >= 4 is 27.9 Å². The van der Waals surface area contributed by atoms with Gasteiger partial charge in [-0.15, -0.1) is 0 Å². The fraction of sp³-hybridized carbons (Fsp3) is 0.467. The van der Waals surface area contributed by atoms with Gasteiger partial charge in [-0.3, -0.25) is 9.59 Å². The lowest BCUT2D eigenvalue weighted by Gasteiger charge is -2.29. The normalized spacial score (nSPS) is 15.0. The van der Waals surface area contributed by atoms with Gasteiger partial charge in [-0.2, -0.15) is 0 Å². The monoisotopic (exact) mass is 358 g/mol. The molecule has 0 bridgehead atoms. The molecule has 0 amide bonds. The summed E-state index contributed by atoms with van der Waals surface area (Å²) in [5.74, 6) is -2.03. The third-order valence-electron chi connectivity index (χ3n) is 3.30. The molecule has 0 radical (unpaired) electrons. The van der Waals surface area contributed by atoms with E-state index in [1.165, 1.54) is 7.11 Å². The van der Waals surface area contributed by atoms with Crippen molar-refractivity contribution < 1.29 is 24.2 Å². The standard InChI is InChI=1S/C15H19BrO5/c1-4-21-14(19)15(13(17)18,9-10(2)20-3)11-6-5-7-12(16)8-11/h5-8,10H,4,9H2,1-3H3,(H,17,18). The maximum atomic E-state index is 12.4. The number of hydrogen-bond donors (Lipinski definition) is 1. The van der Waals surface area contributed by atoms with Gasteiger partial charge in [0.15, 0.2) is 5.41 Å². The summed E-state index contributed by atoms with van der Waals surface area (Å²) in [4.78, 5) is 24.3. The van der Waals surface area contributed by atoms with Crippen LogP contribution in [0, 0.1) is 0 Å². The molecule has 0 aromatic heterocycles. The van der Waals surface area contributed by atoms with Crippen LogP contribution in [0.15, 0.2) is 28.7 Å². The number of methoxy groups -OCH3 is 1. The lowest BCUT2D eigenvalue weighted by Crippen LogP contribution is -2.47. The Bertz CT molecular complexity index is 517. The van der Waals surface area contributed by atoms with E-state index in [-0.39, 0.29) is 13.0 Å². The quantitative estimate of drug-likeness (QED) is 0.599. The zero-order chi connectivity index (χ0) is 16.0. The molecule has 0 fully saturated rings. The Balaban J connectivity index is 3.43. The highest BCUT2D eigenvalue weighted by atomic mass is 79.9. The van der Waals surface area contributed by atoms with Gasteiger partial charge in [0.2, 0.25) is 0 Å². The number of aliphatic carboxylic acids is 1. The Morgan fingerprint density at radius 1 is 1.43 bits per heavy atom. The van der Waals surface area contributed by atoms with E-state index in [0.717, 1.165) is 0 Å². The van der Waals surface area contributed by atoms with E-state index in [2.05, 4.69) is 15.9 Å². The van der Waals surface area contributed by atoms with Crippen molar-refractivity contribution in [2.24, 2.45) is 0 Å². The molecule has 21 heavy (non-hydrogen) atoms. The zero-order valence-electron chi connectivity index (χ0n) is 12.3. The van der Waals surface area contributed by atoms with Gasteiger partial charge in [0.25, 0.3) is 0 Å². The Labute approximate surface area is 132 Å². The summed E-state index contributed by atoms with van der Waals surface area (Å²) in [5, 5.41) is 9.74. The highest BCUT2D eigenvalue weighted by molar-refractivity contribution is 9.10. The first-order valence-corrected chi connectivity index (χ1v) is 7.37. The molecule has 116 valence electrons. The van der Waals surface area contributed by atoms with E-state index in [9.17, 15) is 14.7 Å². The molecule has 5 nitrogen and oxygen atoms in total. The summed E-state index contributed by atoms with van der Waals surface area (Å²) in [7, 11) is 1.48. The summed E-state index contributed by atoms with van der Waals surface area (Å²) in [5.41, 5.74) is -1.42. The van der Waals surface area contributed by atoms with Crippen LogP contribution in [-0.4, -0.2) is 36.9 Å². The Morgan fingerprint density at radius 2 is 2.10 bits per heavy atom. The highest BCUT2D eigenvalue weighted by Gasteiger charge is 2.50. The minimum atomic E-state index is -1.78. The van der Waals surface area contributed by atoms with Gasteiger partial charge in [-0.05, 0) is 31.5 Å². The number of halogens is 1. The van der Waals surface area contributed by atoms with E-state index in [4.69, 9.17) is 9.47 Å². The fourth-order valence-electron chi connectivity index (χ4n) is 2.14. The smallest absolute Gasteiger partial charge is 0.328 e. The SMILES string of the molecule is CCOC(=O)C(CC(C)OC)(C(=O)O)c1cccc(Br)c1. The molecular weight excluding hydrogens is 340 g/mol. The lowest BCUT2D eigenvalue weighted by atomic mass is 9.76. The number of carboxylic acids is 1. The molecule has 0 saturated carbocycles. The van der Waals surface area contributed by atoms with E-state index in [0.29, 0.717) is 10.0 Å². The van der Waals surface area contributed by atoms with Gasteiger partial charge in [0.1, 0.15) is 0 Å². The van der Waals surface area contributed by atoms with E-state index < -0.39 is 23.5 Å². The molecular formula is C15H19BrO5. The molecule has 0 aliphatic heterocycles. The molecule has 0 saturated heterocycles. The Kier molecular flexibility index (Phi) is 6.36. The van der Waals surface area contributed by atoms with Crippen LogP contribution in [0.1, 0.15) is 25.8 Å².